The molecule has 6 heteroatoms. The maximum absolute atomic E-state index is 12.6. The van der Waals surface area contributed by atoms with E-state index < -0.39 is 0 Å². The van der Waals surface area contributed by atoms with E-state index in [0.717, 1.165) is 11.3 Å². The number of rotatable bonds is 3. The summed E-state index contributed by atoms with van der Waals surface area (Å²) in [6.45, 7) is 3.08. The average Bonchev–Trinajstić information content (AvgIpc) is 2.63. The lowest BCUT2D eigenvalue weighted by Crippen LogP contribution is -2.41. The summed E-state index contributed by atoms with van der Waals surface area (Å²) in [5.74, 6) is -0.160. The van der Waals surface area contributed by atoms with E-state index >= 15 is 0 Å². The van der Waals surface area contributed by atoms with Crippen molar-refractivity contribution < 1.29 is 9.59 Å². The van der Waals surface area contributed by atoms with Crippen LogP contribution in [0.2, 0.25) is 10.0 Å². The number of anilines is 1. The van der Waals surface area contributed by atoms with Gasteiger partial charge in [0.1, 0.15) is 0 Å². The molecule has 1 aliphatic heterocycles. The predicted molar refractivity (Wildman–Crippen MR) is 105 cm³/mol. The van der Waals surface area contributed by atoms with Gasteiger partial charge in [0, 0.05) is 30.3 Å². The molecule has 3 rings (SSSR count). The number of halogens is 2. The highest BCUT2D eigenvalue weighted by atomic mass is 35.5. The van der Waals surface area contributed by atoms with E-state index in [1.165, 1.54) is 0 Å². The van der Waals surface area contributed by atoms with Gasteiger partial charge in [-0.25, -0.2) is 0 Å². The molecule has 0 unspecified atom stereocenters. The van der Waals surface area contributed by atoms with E-state index in [4.69, 9.17) is 23.2 Å². The van der Waals surface area contributed by atoms with Crippen molar-refractivity contribution in [2.75, 3.05) is 18.4 Å². The highest BCUT2D eigenvalue weighted by molar-refractivity contribution is 6.42. The number of nitrogens with zero attached hydrogens (tertiary/aromatic N) is 1. The topological polar surface area (TPSA) is 49.4 Å². The molecule has 4 nitrogen and oxygen atoms in total. The standard InChI is InChI=1S/C20H20Cl2N2O2/c1-13-3-2-4-16(11-13)23-19(25)14-7-9-24(10-8-14)20(26)15-5-6-17(21)18(22)12-15/h2-6,11-12,14H,7-10H2,1H3,(H,23,25). The maximum Gasteiger partial charge on any atom is 0.253 e. The highest BCUT2D eigenvalue weighted by Gasteiger charge is 2.28. The Labute approximate surface area is 163 Å². The maximum atomic E-state index is 12.6. The van der Waals surface area contributed by atoms with Gasteiger partial charge in [-0.2, -0.15) is 0 Å². The van der Waals surface area contributed by atoms with Crippen LogP contribution in [0.5, 0.6) is 0 Å². The Morgan fingerprint density at radius 1 is 1.04 bits per heavy atom. The Bertz CT molecular complexity index is 830. The third-order valence-corrected chi connectivity index (χ3v) is 5.34. The van der Waals surface area contributed by atoms with Crippen molar-refractivity contribution in [1.82, 2.24) is 4.90 Å². The molecule has 1 fully saturated rings. The molecule has 1 saturated heterocycles. The first-order chi connectivity index (χ1) is 12.4. The minimum atomic E-state index is -0.0895. The molecule has 0 saturated carbocycles. The summed E-state index contributed by atoms with van der Waals surface area (Å²) >= 11 is 11.9. The van der Waals surface area contributed by atoms with Crippen LogP contribution < -0.4 is 5.32 Å². The molecule has 0 spiro atoms. The average molecular weight is 391 g/mol. The van der Waals surface area contributed by atoms with Crippen LogP contribution in [0.1, 0.15) is 28.8 Å². The molecule has 26 heavy (non-hydrogen) atoms. The van der Waals surface area contributed by atoms with E-state index in [1.807, 2.05) is 31.2 Å². The largest absolute Gasteiger partial charge is 0.339 e. The minimum absolute atomic E-state index is 0.0113. The lowest BCUT2D eigenvalue weighted by atomic mass is 9.95. The number of hydrogen-bond acceptors (Lipinski definition) is 2. The lowest BCUT2D eigenvalue weighted by molar-refractivity contribution is -0.121. The fourth-order valence-electron chi connectivity index (χ4n) is 3.12. The molecular weight excluding hydrogens is 371 g/mol. The number of likely N-dealkylation sites (tertiary alicyclic amines) is 1. The number of piperidine rings is 1. The molecule has 0 bridgehead atoms. The number of hydrogen-bond donors (Lipinski definition) is 1. The molecular formula is C20H20Cl2N2O2. The van der Waals surface area contributed by atoms with Crippen molar-refractivity contribution in [3.8, 4) is 0 Å². The van der Waals surface area contributed by atoms with Gasteiger partial charge in [0.05, 0.1) is 10.0 Å². The zero-order valence-electron chi connectivity index (χ0n) is 14.5. The smallest absolute Gasteiger partial charge is 0.253 e. The number of nitrogens with one attached hydrogen (secondary N) is 1. The van der Waals surface area contributed by atoms with Crippen molar-refractivity contribution in [2.24, 2.45) is 5.92 Å². The molecule has 0 atom stereocenters. The van der Waals surface area contributed by atoms with Crippen LogP contribution in [0.15, 0.2) is 42.5 Å². The second kappa shape index (κ2) is 8.11. The highest BCUT2D eigenvalue weighted by Crippen LogP contribution is 2.25. The summed E-state index contributed by atoms with van der Waals surface area (Å²) in [7, 11) is 0. The van der Waals surface area contributed by atoms with Gasteiger partial charge >= 0.3 is 0 Å². The van der Waals surface area contributed by atoms with E-state index in [0.29, 0.717) is 41.5 Å². The molecule has 2 aromatic rings. The first-order valence-electron chi connectivity index (χ1n) is 8.56. The quantitative estimate of drug-likeness (QED) is 0.818. The summed E-state index contributed by atoms with van der Waals surface area (Å²) in [5, 5.41) is 3.76. The summed E-state index contributed by atoms with van der Waals surface area (Å²) in [6, 6.07) is 12.6. The van der Waals surface area contributed by atoms with Gasteiger partial charge in [-0.15, -0.1) is 0 Å². The van der Waals surface area contributed by atoms with Crippen LogP contribution in [0.3, 0.4) is 0 Å². The zero-order valence-corrected chi connectivity index (χ0v) is 16.0. The number of amides is 2. The monoisotopic (exact) mass is 390 g/mol. The summed E-state index contributed by atoms with van der Waals surface area (Å²) in [4.78, 5) is 26.8. The van der Waals surface area contributed by atoms with Crippen LogP contribution in [0.4, 0.5) is 5.69 Å². The van der Waals surface area contributed by atoms with Gasteiger partial charge in [0.2, 0.25) is 5.91 Å². The van der Waals surface area contributed by atoms with Crippen LogP contribution in [-0.2, 0) is 4.79 Å². The van der Waals surface area contributed by atoms with Gasteiger partial charge in [-0.05, 0) is 55.7 Å². The lowest BCUT2D eigenvalue weighted by Gasteiger charge is -2.31. The van der Waals surface area contributed by atoms with Gasteiger partial charge in [-0.1, -0.05) is 35.3 Å². The molecule has 1 heterocycles. The fraction of sp³-hybridized carbons (Fsp3) is 0.300. The molecule has 0 aromatic heterocycles. The normalized spacial score (nSPS) is 15.0. The van der Waals surface area contributed by atoms with Gasteiger partial charge in [0.25, 0.3) is 5.91 Å². The molecule has 2 aromatic carbocycles. The predicted octanol–water partition coefficient (Wildman–Crippen LogP) is 4.79. The van der Waals surface area contributed by atoms with E-state index in [2.05, 4.69) is 5.32 Å². The first kappa shape index (κ1) is 18.7. The van der Waals surface area contributed by atoms with Crippen molar-refractivity contribution >= 4 is 40.7 Å². The van der Waals surface area contributed by atoms with Crippen molar-refractivity contribution in [3.63, 3.8) is 0 Å². The molecule has 0 aliphatic carbocycles. The van der Waals surface area contributed by atoms with Crippen molar-refractivity contribution in [3.05, 3.63) is 63.6 Å². The third kappa shape index (κ3) is 4.37. The van der Waals surface area contributed by atoms with E-state index in [1.54, 1.807) is 23.1 Å². The molecule has 0 radical (unpaired) electrons. The summed E-state index contributed by atoms with van der Waals surface area (Å²) in [6.07, 6.45) is 1.29. The van der Waals surface area contributed by atoms with Crippen LogP contribution >= 0.6 is 23.2 Å². The van der Waals surface area contributed by atoms with Gasteiger partial charge in [0.15, 0.2) is 0 Å². The van der Waals surface area contributed by atoms with Crippen LogP contribution in [0, 0.1) is 12.8 Å². The van der Waals surface area contributed by atoms with Crippen LogP contribution in [0.25, 0.3) is 0 Å². The zero-order chi connectivity index (χ0) is 18.7. The number of benzene rings is 2. The summed E-state index contributed by atoms with van der Waals surface area (Å²) in [5.41, 5.74) is 2.43. The molecule has 136 valence electrons. The van der Waals surface area contributed by atoms with E-state index in [9.17, 15) is 9.59 Å². The van der Waals surface area contributed by atoms with Gasteiger partial charge in [-0.3, -0.25) is 9.59 Å². The van der Waals surface area contributed by atoms with Crippen molar-refractivity contribution in [2.45, 2.75) is 19.8 Å². The molecule has 2 amide bonds. The Morgan fingerprint density at radius 3 is 2.42 bits per heavy atom. The second-order valence-corrected chi connectivity index (χ2v) is 7.37. The first-order valence-corrected chi connectivity index (χ1v) is 9.31. The Balaban J connectivity index is 1.57. The minimum Gasteiger partial charge on any atom is -0.339 e. The Hall–Kier alpha value is -2.04. The fourth-order valence-corrected chi connectivity index (χ4v) is 3.42. The Kier molecular flexibility index (Phi) is 5.84. The SMILES string of the molecule is Cc1cccc(NC(=O)C2CCN(C(=O)c3ccc(Cl)c(Cl)c3)CC2)c1. The molecule has 1 N–H and O–H groups in total. The van der Waals surface area contributed by atoms with E-state index in [-0.39, 0.29) is 17.7 Å². The number of carbonyl (C=O) groups is 2. The second-order valence-electron chi connectivity index (χ2n) is 6.55. The van der Waals surface area contributed by atoms with Crippen molar-refractivity contribution in [1.29, 1.82) is 0 Å². The molecule has 1 aliphatic rings. The Morgan fingerprint density at radius 2 is 1.77 bits per heavy atom. The van der Waals surface area contributed by atoms with Crippen LogP contribution in [-0.4, -0.2) is 29.8 Å². The summed E-state index contributed by atoms with van der Waals surface area (Å²) < 4.78 is 0. The van der Waals surface area contributed by atoms with Gasteiger partial charge < -0.3 is 10.2 Å². The number of carbonyl (C=O) groups excluding carboxylic acids is 2. The third-order valence-electron chi connectivity index (χ3n) is 4.61. The number of aryl methyl sites for hydroxylation is 1.